The standard InChI is InChI=1S/C24H28N2O4/c27-23(18-8-12-21(13-9-18)30-17-22-5-4-16-29-22)25-20-10-6-19(7-11-20)24(28)26-14-2-1-3-15-26/h6-13,22H,1-5,14-17H2,(H,25,27)/t22-/m0/s1. The van der Waals surface area contributed by atoms with Crippen LogP contribution in [0.5, 0.6) is 5.75 Å². The van der Waals surface area contributed by atoms with Crippen molar-refractivity contribution < 1.29 is 19.1 Å². The van der Waals surface area contributed by atoms with Crippen LogP contribution in [0.3, 0.4) is 0 Å². The Morgan fingerprint density at radius 2 is 1.63 bits per heavy atom. The third kappa shape index (κ3) is 5.19. The van der Waals surface area contributed by atoms with Crippen molar-refractivity contribution in [3.05, 3.63) is 59.7 Å². The molecule has 2 saturated heterocycles. The summed E-state index contributed by atoms with van der Waals surface area (Å²) >= 11 is 0. The van der Waals surface area contributed by atoms with Gasteiger partial charge >= 0.3 is 0 Å². The maximum absolute atomic E-state index is 12.5. The van der Waals surface area contributed by atoms with Gasteiger partial charge < -0.3 is 19.7 Å². The monoisotopic (exact) mass is 408 g/mol. The van der Waals surface area contributed by atoms with Crippen molar-refractivity contribution in [3.63, 3.8) is 0 Å². The largest absolute Gasteiger partial charge is 0.491 e. The zero-order valence-electron chi connectivity index (χ0n) is 17.1. The molecule has 30 heavy (non-hydrogen) atoms. The van der Waals surface area contributed by atoms with Crippen molar-refractivity contribution in [2.45, 2.75) is 38.2 Å². The van der Waals surface area contributed by atoms with Crippen molar-refractivity contribution in [2.75, 3.05) is 31.6 Å². The molecule has 2 aliphatic rings. The van der Waals surface area contributed by atoms with Gasteiger partial charge in [0.25, 0.3) is 11.8 Å². The fraction of sp³-hybridized carbons (Fsp3) is 0.417. The molecule has 0 spiro atoms. The highest BCUT2D eigenvalue weighted by atomic mass is 16.5. The van der Waals surface area contributed by atoms with Gasteiger partial charge in [0.1, 0.15) is 12.4 Å². The molecule has 2 heterocycles. The molecular formula is C24H28N2O4. The lowest BCUT2D eigenvalue weighted by Crippen LogP contribution is -2.35. The highest BCUT2D eigenvalue weighted by Crippen LogP contribution is 2.19. The summed E-state index contributed by atoms with van der Waals surface area (Å²) in [6.45, 7) is 2.99. The average Bonchev–Trinajstić information content (AvgIpc) is 3.32. The summed E-state index contributed by atoms with van der Waals surface area (Å²) in [4.78, 5) is 27.0. The van der Waals surface area contributed by atoms with Gasteiger partial charge in [-0.25, -0.2) is 0 Å². The number of anilines is 1. The normalized spacial score (nSPS) is 18.8. The van der Waals surface area contributed by atoms with Crippen LogP contribution in [-0.4, -0.2) is 49.1 Å². The van der Waals surface area contributed by atoms with Gasteiger partial charge in [-0.2, -0.15) is 0 Å². The number of piperidine rings is 1. The van der Waals surface area contributed by atoms with Crippen LogP contribution in [0.1, 0.15) is 52.8 Å². The molecule has 2 aliphatic heterocycles. The summed E-state index contributed by atoms with van der Waals surface area (Å²) in [5.74, 6) is 0.588. The third-order valence-electron chi connectivity index (χ3n) is 5.61. The van der Waals surface area contributed by atoms with E-state index >= 15 is 0 Å². The van der Waals surface area contributed by atoms with Gasteiger partial charge in [-0.05, 0) is 80.6 Å². The molecule has 1 atom stereocenters. The molecule has 0 aliphatic carbocycles. The van der Waals surface area contributed by atoms with Crippen LogP contribution in [0.2, 0.25) is 0 Å². The second kappa shape index (κ2) is 9.76. The smallest absolute Gasteiger partial charge is 0.255 e. The molecule has 0 bridgehead atoms. The number of carbonyl (C=O) groups excluding carboxylic acids is 2. The molecule has 0 radical (unpaired) electrons. The Bertz CT molecular complexity index is 852. The van der Waals surface area contributed by atoms with Gasteiger partial charge in [-0.3, -0.25) is 9.59 Å². The summed E-state index contributed by atoms with van der Waals surface area (Å²) < 4.78 is 11.3. The minimum atomic E-state index is -0.198. The Morgan fingerprint density at radius 1 is 0.933 bits per heavy atom. The summed E-state index contributed by atoms with van der Waals surface area (Å²) in [6.07, 6.45) is 5.61. The molecule has 158 valence electrons. The predicted molar refractivity (Wildman–Crippen MR) is 115 cm³/mol. The molecule has 4 rings (SSSR count). The Morgan fingerprint density at radius 3 is 2.30 bits per heavy atom. The van der Waals surface area contributed by atoms with E-state index in [2.05, 4.69) is 5.32 Å². The molecule has 6 nitrogen and oxygen atoms in total. The predicted octanol–water partition coefficient (Wildman–Crippen LogP) is 4.12. The highest BCUT2D eigenvalue weighted by molar-refractivity contribution is 6.04. The Kier molecular flexibility index (Phi) is 6.64. The van der Waals surface area contributed by atoms with E-state index in [0.29, 0.717) is 23.4 Å². The SMILES string of the molecule is O=C(Nc1ccc(C(=O)N2CCCCC2)cc1)c1ccc(OC[C@@H]2CCCO2)cc1. The molecular weight excluding hydrogens is 380 g/mol. The number of nitrogens with one attached hydrogen (secondary N) is 1. The number of carbonyl (C=O) groups is 2. The lowest BCUT2D eigenvalue weighted by molar-refractivity contribution is 0.0679. The molecule has 2 aromatic carbocycles. The molecule has 2 aromatic rings. The van der Waals surface area contributed by atoms with Crippen LogP contribution in [-0.2, 0) is 4.74 Å². The zero-order valence-corrected chi connectivity index (χ0v) is 17.1. The van der Waals surface area contributed by atoms with E-state index in [9.17, 15) is 9.59 Å². The minimum absolute atomic E-state index is 0.0613. The second-order valence-electron chi connectivity index (χ2n) is 7.85. The minimum Gasteiger partial charge on any atom is -0.491 e. The lowest BCUT2D eigenvalue weighted by Gasteiger charge is -2.26. The molecule has 1 N–H and O–H groups in total. The first-order chi connectivity index (χ1) is 14.7. The lowest BCUT2D eigenvalue weighted by atomic mass is 10.1. The van der Waals surface area contributed by atoms with Crippen LogP contribution in [0.15, 0.2) is 48.5 Å². The summed E-state index contributed by atoms with van der Waals surface area (Å²) in [5.41, 5.74) is 1.87. The number of hydrogen-bond acceptors (Lipinski definition) is 4. The zero-order chi connectivity index (χ0) is 20.8. The number of benzene rings is 2. The van der Waals surface area contributed by atoms with E-state index in [-0.39, 0.29) is 17.9 Å². The Balaban J connectivity index is 1.30. The van der Waals surface area contributed by atoms with Crippen molar-refractivity contribution in [1.29, 1.82) is 0 Å². The fourth-order valence-electron chi connectivity index (χ4n) is 3.85. The van der Waals surface area contributed by atoms with Crippen molar-refractivity contribution >= 4 is 17.5 Å². The first-order valence-corrected chi connectivity index (χ1v) is 10.7. The van der Waals surface area contributed by atoms with Gasteiger partial charge in [0, 0.05) is 36.5 Å². The molecule has 0 saturated carbocycles. The van der Waals surface area contributed by atoms with E-state index in [1.54, 1.807) is 48.5 Å². The number of likely N-dealkylation sites (tertiary alicyclic amines) is 1. The molecule has 0 aromatic heterocycles. The van der Waals surface area contributed by atoms with Crippen LogP contribution in [0.25, 0.3) is 0 Å². The third-order valence-corrected chi connectivity index (χ3v) is 5.61. The summed E-state index contributed by atoms with van der Waals surface area (Å²) in [7, 11) is 0. The maximum Gasteiger partial charge on any atom is 0.255 e. The number of ether oxygens (including phenoxy) is 2. The molecule has 2 amide bonds. The van der Waals surface area contributed by atoms with E-state index < -0.39 is 0 Å². The first-order valence-electron chi connectivity index (χ1n) is 10.7. The Labute approximate surface area is 177 Å². The highest BCUT2D eigenvalue weighted by Gasteiger charge is 2.18. The van der Waals surface area contributed by atoms with Gasteiger partial charge in [-0.15, -0.1) is 0 Å². The molecule has 0 unspecified atom stereocenters. The van der Waals surface area contributed by atoms with E-state index in [1.165, 1.54) is 6.42 Å². The van der Waals surface area contributed by atoms with Crippen molar-refractivity contribution in [1.82, 2.24) is 4.90 Å². The van der Waals surface area contributed by atoms with Crippen LogP contribution < -0.4 is 10.1 Å². The Hall–Kier alpha value is -2.86. The van der Waals surface area contributed by atoms with Gasteiger partial charge in [0.05, 0.1) is 6.10 Å². The summed E-state index contributed by atoms with van der Waals surface area (Å²) in [5, 5.41) is 2.88. The maximum atomic E-state index is 12.5. The van der Waals surface area contributed by atoms with Crippen LogP contribution in [0, 0.1) is 0 Å². The number of amides is 2. The number of rotatable bonds is 6. The van der Waals surface area contributed by atoms with Gasteiger partial charge in [-0.1, -0.05) is 0 Å². The quantitative estimate of drug-likeness (QED) is 0.781. The van der Waals surface area contributed by atoms with E-state index in [4.69, 9.17) is 9.47 Å². The molecule has 6 heteroatoms. The van der Waals surface area contributed by atoms with Crippen LogP contribution in [0.4, 0.5) is 5.69 Å². The average molecular weight is 408 g/mol. The molecule has 2 fully saturated rings. The van der Waals surface area contributed by atoms with Gasteiger partial charge in [0.2, 0.25) is 0 Å². The van der Waals surface area contributed by atoms with Crippen molar-refractivity contribution in [3.8, 4) is 5.75 Å². The van der Waals surface area contributed by atoms with E-state index in [0.717, 1.165) is 51.1 Å². The number of hydrogen-bond donors (Lipinski definition) is 1. The van der Waals surface area contributed by atoms with Crippen LogP contribution >= 0.6 is 0 Å². The van der Waals surface area contributed by atoms with Gasteiger partial charge in [0.15, 0.2) is 0 Å². The fourth-order valence-corrected chi connectivity index (χ4v) is 3.85. The topological polar surface area (TPSA) is 67.9 Å². The van der Waals surface area contributed by atoms with E-state index in [1.807, 2.05) is 4.90 Å². The van der Waals surface area contributed by atoms with Crippen molar-refractivity contribution in [2.24, 2.45) is 0 Å². The second-order valence-corrected chi connectivity index (χ2v) is 7.85. The summed E-state index contributed by atoms with van der Waals surface area (Å²) in [6, 6.07) is 14.2. The number of nitrogens with zero attached hydrogens (tertiary/aromatic N) is 1. The first kappa shape index (κ1) is 20.4.